The van der Waals surface area contributed by atoms with E-state index in [1.54, 1.807) is 5.57 Å². The Morgan fingerprint density at radius 1 is 1.22 bits per heavy atom. The van der Waals surface area contributed by atoms with E-state index >= 15 is 0 Å². The van der Waals surface area contributed by atoms with Crippen molar-refractivity contribution in [3.05, 3.63) is 11.6 Å². The highest BCUT2D eigenvalue weighted by Gasteiger charge is 2.31. The van der Waals surface area contributed by atoms with Crippen LogP contribution < -0.4 is 10.6 Å². The third kappa shape index (κ3) is 4.95. The molecule has 1 aliphatic carbocycles. The van der Waals surface area contributed by atoms with Gasteiger partial charge in [0, 0.05) is 51.9 Å². The van der Waals surface area contributed by atoms with Crippen LogP contribution in [0.25, 0.3) is 0 Å². The maximum atomic E-state index is 4.85. The summed E-state index contributed by atoms with van der Waals surface area (Å²) in [6.07, 6.45) is 8.91. The summed E-state index contributed by atoms with van der Waals surface area (Å²) in [6.45, 7) is 11.1. The lowest BCUT2D eigenvalue weighted by atomic mass is 9.97. The Bertz CT molecular complexity index is 423. The summed E-state index contributed by atoms with van der Waals surface area (Å²) in [7, 11) is 0. The molecule has 0 aromatic heterocycles. The second-order valence-corrected chi connectivity index (χ2v) is 6.99. The number of nitrogens with one attached hydrogen (secondary N) is 2. The van der Waals surface area contributed by atoms with Crippen LogP contribution in [0.15, 0.2) is 16.6 Å². The smallest absolute Gasteiger partial charge is 0.191 e. The number of hydrogen-bond donors (Lipinski definition) is 2. The number of allylic oxidation sites excluding steroid dienone is 1. The first-order valence-corrected chi connectivity index (χ1v) is 9.51. The van der Waals surface area contributed by atoms with E-state index in [1.165, 1.54) is 58.4 Å². The number of nitrogens with zero attached hydrogens (tertiary/aromatic N) is 3. The van der Waals surface area contributed by atoms with Crippen molar-refractivity contribution in [2.45, 2.75) is 45.1 Å². The zero-order valence-electron chi connectivity index (χ0n) is 14.7. The van der Waals surface area contributed by atoms with Crippen molar-refractivity contribution >= 4 is 5.96 Å². The fourth-order valence-corrected chi connectivity index (χ4v) is 3.91. The summed E-state index contributed by atoms with van der Waals surface area (Å²) in [5.74, 6) is 0.988. The minimum Gasteiger partial charge on any atom is -0.357 e. The second-order valence-electron chi connectivity index (χ2n) is 6.99. The van der Waals surface area contributed by atoms with Crippen molar-refractivity contribution in [1.29, 1.82) is 0 Å². The monoisotopic (exact) mass is 319 g/mol. The lowest BCUT2D eigenvalue weighted by Crippen LogP contribution is -2.62. The maximum absolute atomic E-state index is 4.85. The number of hydrogen-bond acceptors (Lipinski definition) is 3. The van der Waals surface area contributed by atoms with Crippen LogP contribution in [-0.4, -0.2) is 74.2 Å². The van der Waals surface area contributed by atoms with Crippen LogP contribution in [0.2, 0.25) is 0 Å². The summed E-state index contributed by atoms with van der Waals surface area (Å²) in [5.41, 5.74) is 1.63. The molecule has 23 heavy (non-hydrogen) atoms. The average Bonchev–Trinajstić information content (AvgIpc) is 2.61. The number of rotatable bonds is 6. The zero-order chi connectivity index (χ0) is 15.9. The predicted molar refractivity (Wildman–Crippen MR) is 97.0 cm³/mol. The molecule has 3 saturated heterocycles. The molecule has 0 spiro atoms. The molecule has 0 saturated carbocycles. The van der Waals surface area contributed by atoms with Gasteiger partial charge in [-0.3, -0.25) is 14.8 Å². The second kappa shape index (κ2) is 8.69. The number of fused-ring (bicyclic) bond motifs is 3. The number of piperazine rings is 3. The van der Waals surface area contributed by atoms with E-state index in [0.717, 1.165) is 32.0 Å². The standard InChI is InChI=1S/C18H33N5/c1-2-19-18(20-9-8-16-6-4-3-5-7-16)21-14-17-15-22-10-12-23(17)13-11-22/h6,17H,2-5,7-15H2,1H3,(H2,19,20,21). The van der Waals surface area contributed by atoms with Gasteiger partial charge in [-0.1, -0.05) is 11.6 Å². The van der Waals surface area contributed by atoms with E-state index in [4.69, 9.17) is 4.99 Å². The molecular weight excluding hydrogens is 286 g/mol. The van der Waals surface area contributed by atoms with Gasteiger partial charge in [-0.2, -0.15) is 0 Å². The van der Waals surface area contributed by atoms with E-state index in [1.807, 2.05) is 0 Å². The highest BCUT2D eigenvalue weighted by atomic mass is 15.3. The van der Waals surface area contributed by atoms with Crippen LogP contribution in [0, 0.1) is 0 Å². The Morgan fingerprint density at radius 3 is 2.74 bits per heavy atom. The van der Waals surface area contributed by atoms with Gasteiger partial charge in [0.2, 0.25) is 0 Å². The van der Waals surface area contributed by atoms with Gasteiger partial charge in [0.05, 0.1) is 6.54 Å². The first kappa shape index (κ1) is 16.8. The van der Waals surface area contributed by atoms with Crippen LogP contribution in [0.3, 0.4) is 0 Å². The van der Waals surface area contributed by atoms with E-state index in [-0.39, 0.29) is 0 Å². The summed E-state index contributed by atoms with van der Waals surface area (Å²) in [6, 6.07) is 0.606. The molecule has 5 nitrogen and oxygen atoms in total. The summed E-state index contributed by atoms with van der Waals surface area (Å²) in [4.78, 5) is 10.0. The van der Waals surface area contributed by atoms with Gasteiger partial charge in [-0.05, 0) is 39.0 Å². The first-order chi connectivity index (χ1) is 11.3. The molecule has 2 bridgehead atoms. The topological polar surface area (TPSA) is 42.9 Å². The van der Waals surface area contributed by atoms with Gasteiger partial charge in [-0.25, -0.2) is 0 Å². The Morgan fingerprint density at radius 2 is 2.09 bits per heavy atom. The molecule has 0 aromatic carbocycles. The van der Waals surface area contributed by atoms with Crippen LogP contribution in [-0.2, 0) is 0 Å². The molecule has 3 aliphatic heterocycles. The Balaban J connectivity index is 1.44. The van der Waals surface area contributed by atoms with Crippen molar-refractivity contribution in [1.82, 2.24) is 20.4 Å². The molecule has 0 aromatic rings. The molecule has 1 unspecified atom stereocenters. The van der Waals surface area contributed by atoms with E-state index in [9.17, 15) is 0 Å². The van der Waals surface area contributed by atoms with Crippen LogP contribution in [0.1, 0.15) is 39.0 Å². The van der Waals surface area contributed by atoms with E-state index in [0.29, 0.717) is 6.04 Å². The molecule has 1 atom stereocenters. The zero-order valence-corrected chi connectivity index (χ0v) is 14.7. The quantitative estimate of drug-likeness (QED) is 0.442. The van der Waals surface area contributed by atoms with Gasteiger partial charge in [0.1, 0.15) is 0 Å². The normalized spacial score (nSPS) is 30.9. The lowest BCUT2D eigenvalue weighted by molar-refractivity contribution is 0.0174. The number of guanidine groups is 1. The predicted octanol–water partition coefficient (Wildman–Crippen LogP) is 1.43. The van der Waals surface area contributed by atoms with Gasteiger partial charge in [0.15, 0.2) is 5.96 Å². The van der Waals surface area contributed by atoms with Crippen LogP contribution in [0.4, 0.5) is 0 Å². The molecule has 0 radical (unpaired) electrons. The SMILES string of the molecule is CCNC(=NCC1CN2CCN1CC2)NCCC1=CCCCC1. The van der Waals surface area contributed by atoms with Gasteiger partial charge in [0.25, 0.3) is 0 Å². The fraction of sp³-hybridized carbons (Fsp3) is 0.833. The molecule has 2 N–H and O–H groups in total. The molecule has 0 amide bonds. The Labute approximate surface area is 141 Å². The third-order valence-corrected chi connectivity index (χ3v) is 5.32. The number of aliphatic imine (C=N–C) groups is 1. The van der Waals surface area contributed by atoms with Crippen molar-refractivity contribution < 1.29 is 0 Å². The van der Waals surface area contributed by atoms with Gasteiger partial charge in [-0.15, -0.1) is 0 Å². The summed E-state index contributed by atoms with van der Waals surface area (Å²) in [5, 5.41) is 6.91. The molecule has 3 heterocycles. The summed E-state index contributed by atoms with van der Waals surface area (Å²) >= 11 is 0. The van der Waals surface area contributed by atoms with E-state index in [2.05, 4.69) is 33.4 Å². The minimum atomic E-state index is 0.606. The average molecular weight is 319 g/mol. The van der Waals surface area contributed by atoms with E-state index < -0.39 is 0 Å². The first-order valence-electron chi connectivity index (χ1n) is 9.51. The Hall–Kier alpha value is -1.07. The molecule has 130 valence electrons. The fourth-order valence-electron chi connectivity index (χ4n) is 3.91. The van der Waals surface area contributed by atoms with Crippen LogP contribution in [0.5, 0.6) is 0 Å². The molecule has 3 fully saturated rings. The van der Waals surface area contributed by atoms with Crippen molar-refractivity contribution in [2.24, 2.45) is 4.99 Å². The molecule has 5 heteroatoms. The largest absolute Gasteiger partial charge is 0.357 e. The van der Waals surface area contributed by atoms with Gasteiger partial charge >= 0.3 is 0 Å². The van der Waals surface area contributed by atoms with Gasteiger partial charge < -0.3 is 10.6 Å². The van der Waals surface area contributed by atoms with Crippen molar-refractivity contribution in [3.8, 4) is 0 Å². The summed E-state index contributed by atoms with van der Waals surface area (Å²) < 4.78 is 0. The van der Waals surface area contributed by atoms with Crippen molar-refractivity contribution in [2.75, 3.05) is 52.4 Å². The highest BCUT2D eigenvalue weighted by Crippen LogP contribution is 2.19. The molecule has 4 rings (SSSR count). The van der Waals surface area contributed by atoms with Crippen molar-refractivity contribution in [3.63, 3.8) is 0 Å². The third-order valence-electron chi connectivity index (χ3n) is 5.32. The molecular formula is C18H33N5. The lowest BCUT2D eigenvalue weighted by Gasteiger charge is -2.47. The highest BCUT2D eigenvalue weighted by molar-refractivity contribution is 5.79. The minimum absolute atomic E-state index is 0.606. The van der Waals surface area contributed by atoms with Crippen LogP contribution >= 0.6 is 0 Å². The Kier molecular flexibility index (Phi) is 6.34. The maximum Gasteiger partial charge on any atom is 0.191 e. The molecule has 4 aliphatic rings.